The molecule has 1 atom stereocenters. The average molecular weight is 174 g/mol. The monoisotopic (exact) mass is 174 g/mol. The van der Waals surface area contributed by atoms with E-state index >= 15 is 0 Å². The van der Waals surface area contributed by atoms with E-state index in [1.165, 1.54) is 5.56 Å². The molecule has 0 saturated heterocycles. The van der Waals surface area contributed by atoms with E-state index in [4.69, 9.17) is 0 Å². The lowest BCUT2D eigenvalue weighted by atomic mass is 9.93. The summed E-state index contributed by atoms with van der Waals surface area (Å²) in [5, 5.41) is 0. The van der Waals surface area contributed by atoms with Crippen molar-refractivity contribution < 1.29 is 4.79 Å². The summed E-state index contributed by atoms with van der Waals surface area (Å²) in [5.41, 5.74) is 1.22. The minimum Gasteiger partial charge on any atom is -0.303 e. The van der Waals surface area contributed by atoms with Crippen LogP contribution in [0, 0.1) is 0 Å². The fraction of sp³-hybridized carbons (Fsp3) is 0.250. The molecule has 0 heterocycles. The van der Waals surface area contributed by atoms with Crippen molar-refractivity contribution in [1.82, 2.24) is 0 Å². The highest BCUT2D eigenvalue weighted by Crippen LogP contribution is 2.22. The molecule has 0 bridgehead atoms. The van der Waals surface area contributed by atoms with Crippen LogP contribution in [0.15, 0.2) is 43.0 Å². The van der Waals surface area contributed by atoms with E-state index in [0.717, 1.165) is 12.7 Å². The van der Waals surface area contributed by atoms with Gasteiger partial charge in [-0.25, -0.2) is 0 Å². The first-order chi connectivity index (χ1) is 6.38. The SMILES string of the molecule is C=CCC(CC=O)c1ccccc1. The molecule has 0 spiro atoms. The van der Waals surface area contributed by atoms with Crippen LogP contribution in [0.1, 0.15) is 24.3 Å². The van der Waals surface area contributed by atoms with Gasteiger partial charge in [0.1, 0.15) is 6.29 Å². The third kappa shape index (κ3) is 2.86. The fourth-order valence-corrected chi connectivity index (χ4v) is 1.41. The van der Waals surface area contributed by atoms with Gasteiger partial charge in [-0.15, -0.1) is 6.58 Å². The van der Waals surface area contributed by atoms with Crippen LogP contribution in [-0.4, -0.2) is 6.29 Å². The highest BCUT2D eigenvalue weighted by molar-refractivity contribution is 5.51. The van der Waals surface area contributed by atoms with Crippen LogP contribution in [-0.2, 0) is 4.79 Å². The van der Waals surface area contributed by atoms with Gasteiger partial charge in [0.15, 0.2) is 0 Å². The Bertz CT molecular complexity index is 254. The van der Waals surface area contributed by atoms with E-state index in [1.807, 2.05) is 24.3 Å². The Kier molecular flexibility index (Phi) is 3.97. The summed E-state index contributed by atoms with van der Waals surface area (Å²) < 4.78 is 0. The molecule has 1 heteroatoms. The van der Waals surface area contributed by atoms with Gasteiger partial charge in [-0.3, -0.25) is 0 Å². The third-order valence-corrected chi connectivity index (χ3v) is 2.10. The molecule has 68 valence electrons. The lowest BCUT2D eigenvalue weighted by molar-refractivity contribution is -0.108. The highest BCUT2D eigenvalue weighted by atomic mass is 16.1. The van der Waals surface area contributed by atoms with E-state index in [1.54, 1.807) is 0 Å². The molecule has 1 aromatic carbocycles. The molecule has 0 aliphatic carbocycles. The number of hydrogen-bond acceptors (Lipinski definition) is 1. The molecule has 0 radical (unpaired) electrons. The molecule has 1 aromatic rings. The zero-order valence-electron chi connectivity index (χ0n) is 7.65. The van der Waals surface area contributed by atoms with Gasteiger partial charge in [0.05, 0.1) is 0 Å². The van der Waals surface area contributed by atoms with Gasteiger partial charge >= 0.3 is 0 Å². The van der Waals surface area contributed by atoms with Crippen LogP contribution in [0.2, 0.25) is 0 Å². The number of aldehydes is 1. The van der Waals surface area contributed by atoms with Crippen LogP contribution in [0.25, 0.3) is 0 Å². The Morgan fingerprint density at radius 2 is 1.92 bits per heavy atom. The Balaban J connectivity index is 2.75. The second-order valence-corrected chi connectivity index (χ2v) is 3.03. The van der Waals surface area contributed by atoms with Crippen LogP contribution in [0.4, 0.5) is 0 Å². The van der Waals surface area contributed by atoms with Gasteiger partial charge in [-0.1, -0.05) is 36.4 Å². The Morgan fingerprint density at radius 1 is 1.23 bits per heavy atom. The minimum absolute atomic E-state index is 0.302. The molecule has 0 aliphatic rings. The van der Waals surface area contributed by atoms with E-state index in [2.05, 4.69) is 18.7 Å². The average Bonchev–Trinajstić information content (AvgIpc) is 2.19. The molecular weight excluding hydrogens is 160 g/mol. The van der Waals surface area contributed by atoms with Crippen LogP contribution >= 0.6 is 0 Å². The molecule has 0 N–H and O–H groups in total. The molecule has 1 rings (SSSR count). The summed E-state index contributed by atoms with van der Waals surface area (Å²) in [6.45, 7) is 3.69. The van der Waals surface area contributed by atoms with E-state index in [-0.39, 0.29) is 0 Å². The Morgan fingerprint density at radius 3 is 2.46 bits per heavy atom. The largest absolute Gasteiger partial charge is 0.303 e. The van der Waals surface area contributed by atoms with E-state index < -0.39 is 0 Å². The fourth-order valence-electron chi connectivity index (χ4n) is 1.41. The zero-order chi connectivity index (χ0) is 9.52. The van der Waals surface area contributed by atoms with Crippen LogP contribution in [0.5, 0.6) is 0 Å². The van der Waals surface area contributed by atoms with Crippen molar-refractivity contribution in [1.29, 1.82) is 0 Å². The van der Waals surface area contributed by atoms with Crippen molar-refractivity contribution in [3.8, 4) is 0 Å². The lowest BCUT2D eigenvalue weighted by Crippen LogP contribution is -1.97. The lowest BCUT2D eigenvalue weighted by Gasteiger charge is -2.11. The van der Waals surface area contributed by atoms with Crippen molar-refractivity contribution in [2.45, 2.75) is 18.8 Å². The van der Waals surface area contributed by atoms with Crippen LogP contribution < -0.4 is 0 Å². The molecule has 0 saturated carbocycles. The molecule has 1 nitrogen and oxygen atoms in total. The van der Waals surface area contributed by atoms with Gasteiger partial charge in [-0.05, 0) is 17.9 Å². The first-order valence-corrected chi connectivity index (χ1v) is 4.48. The second kappa shape index (κ2) is 5.31. The summed E-state index contributed by atoms with van der Waals surface area (Å²) in [6.07, 6.45) is 4.28. The van der Waals surface area contributed by atoms with Gasteiger partial charge < -0.3 is 4.79 Å². The predicted molar refractivity (Wildman–Crippen MR) is 54.7 cm³/mol. The first kappa shape index (κ1) is 9.72. The number of hydrogen-bond donors (Lipinski definition) is 0. The molecule has 0 fully saturated rings. The van der Waals surface area contributed by atoms with E-state index in [9.17, 15) is 4.79 Å². The maximum Gasteiger partial charge on any atom is 0.120 e. The highest BCUT2D eigenvalue weighted by Gasteiger charge is 2.07. The number of benzene rings is 1. The summed E-state index contributed by atoms with van der Waals surface area (Å²) in [4.78, 5) is 10.4. The molecule has 0 aromatic heterocycles. The summed E-state index contributed by atoms with van der Waals surface area (Å²) >= 11 is 0. The molecule has 13 heavy (non-hydrogen) atoms. The van der Waals surface area contributed by atoms with Gasteiger partial charge in [0, 0.05) is 6.42 Å². The smallest absolute Gasteiger partial charge is 0.120 e. The molecule has 0 aliphatic heterocycles. The van der Waals surface area contributed by atoms with E-state index in [0.29, 0.717) is 12.3 Å². The summed E-state index contributed by atoms with van der Waals surface area (Å²) in [6, 6.07) is 10.1. The molecule has 1 unspecified atom stereocenters. The molecular formula is C12H14O. The van der Waals surface area contributed by atoms with Gasteiger partial charge in [0.2, 0.25) is 0 Å². The van der Waals surface area contributed by atoms with Crippen molar-refractivity contribution >= 4 is 6.29 Å². The third-order valence-electron chi connectivity index (χ3n) is 2.10. The summed E-state index contributed by atoms with van der Waals surface area (Å²) in [5.74, 6) is 0.302. The predicted octanol–water partition coefficient (Wildman–Crippen LogP) is 2.94. The second-order valence-electron chi connectivity index (χ2n) is 3.03. The van der Waals surface area contributed by atoms with Gasteiger partial charge in [0.25, 0.3) is 0 Å². The Labute approximate surface area is 79.1 Å². The van der Waals surface area contributed by atoms with Crippen molar-refractivity contribution in [3.63, 3.8) is 0 Å². The first-order valence-electron chi connectivity index (χ1n) is 4.48. The quantitative estimate of drug-likeness (QED) is 0.495. The minimum atomic E-state index is 0.302. The van der Waals surface area contributed by atoms with Crippen molar-refractivity contribution in [3.05, 3.63) is 48.6 Å². The number of allylic oxidation sites excluding steroid dienone is 1. The maximum absolute atomic E-state index is 10.4. The Hall–Kier alpha value is -1.37. The number of carbonyl (C=O) groups is 1. The standard InChI is InChI=1S/C12H14O/c1-2-6-11(9-10-13)12-7-4-3-5-8-12/h2-5,7-8,10-11H,1,6,9H2. The van der Waals surface area contributed by atoms with Gasteiger partial charge in [-0.2, -0.15) is 0 Å². The number of rotatable bonds is 5. The number of carbonyl (C=O) groups excluding carboxylic acids is 1. The van der Waals surface area contributed by atoms with Crippen molar-refractivity contribution in [2.75, 3.05) is 0 Å². The summed E-state index contributed by atoms with van der Waals surface area (Å²) in [7, 11) is 0. The normalized spacial score (nSPS) is 12.0. The van der Waals surface area contributed by atoms with Crippen molar-refractivity contribution in [2.24, 2.45) is 0 Å². The topological polar surface area (TPSA) is 17.1 Å². The molecule has 0 amide bonds. The zero-order valence-corrected chi connectivity index (χ0v) is 7.65. The maximum atomic E-state index is 10.4. The van der Waals surface area contributed by atoms with Crippen LogP contribution in [0.3, 0.4) is 0 Å².